The fourth-order valence-corrected chi connectivity index (χ4v) is 4.92. The lowest BCUT2D eigenvalue weighted by molar-refractivity contribution is -0.143. The van der Waals surface area contributed by atoms with E-state index in [1.807, 2.05) is 18.2 Å². The lowest BCUT2D eigenvalue weighted by atomic mass is 9.74. The lowest BCUT2D eigenvalue weighted by Crippen LogP contribution is -2.38. The molecule has 2 N–H and O–H groups in total. The third kappa shape index (κ3) is 5.71. The summed E-state index contributed by atoms with van der Waals surface area (Å²) in [4.78, 5) is 43.2. The minimum Gasteiger partial charge on any atom is -0.469 e. The van der Waals surface area contributed by atoms with Crippen molar-refractivity contribution in [3.05, 3.63) is 74.9 Å². The molecule has 0 aliphatic carbocycles. The van der Waals surface area contributed by atoms with Crippen LogP contribution in [0.3, 0.4) is 0 Å². The summed E-state index contributed by atoms with van der Waals surface area (Å²) < 4.78 is 15.0. The van der Waals surface area contributed by atoms with E-state index in [0.717, 1.165) is 5.56 Å². The average Bonchev–Trinajstić information content (AvgIpc) is 2.87. The molecule has 1 heterocycles. The van der Waals surface area contributed by atoms with Gasteiger partial charge < -0.3 is 19.9 Å². The number of ether oxygens (including phenoxy) is 3. The van der Waals surface area contributed by atoms with E-state index in [4.69, 9.17) is 43.1 Å². The zero-order valence-electron chi connectivity index (χ0n) is 20.0. The Hall–Kier alpha value is -3.36. The molecule has 190 valence electrons. The number of nitrogens with two attached hydrogens (primary N) is 1. The number of nitrogen functional groups attached to an aromatic ring is 1. The Morgan fingerprint density at radius 1 is 0.917 bits per heavy atom. The lowest BCUT2D eigenvalue weighted by Gasteiger charge is -2.33. The first kappa shape index (κ1) is 27.2. The fourth-order valence-electron chi connectivity index (χ4n) is 4.29. The zero-order chi connectivity index (χ0) is 26.4. The van der Waals surface area contributed by atoms with Gasteiger partial charge in [-0.25, -0.2) is 4.79 Å². The summed E-state index contributed by atoms with van der Waals surface area (Å²) in [5.74, 6) is -4.23. The molecule has 2 aromatic carbocycles. The number of aryl methyl sites for hydroxylation is 1. The molecule has 0 spiro atoms. The molecule has 1 aliphatic rings. The van der Waals surface area contributed by atoms with E-state index in [1.54, 1.807) is 24.3 Å². The smallest absolute Gasteiger partial charge is 0.336 e. The molecule has 10 heteroatoms. The maximum Gasteiger partial charge on any atom is 0.336 e. The molecular weight excluding hydrogens is 507 g/mol. The third-order valence-electron chi connectivity index (χ3n) is 6.00. The predicted molar refractivity (Wildman–Crippen MR) is 137 cm³/mol. The second-order valence-electron chi connectivity index (χ2n) is 8.02. The van der Waals surface area contributed by atoms with Crippen molar-refractivity contribution in [3.63, 3.8) is 0 Å². The Bertz CT molecular complexity index is 1220. The van der Waals surface area contributed by atoms with Crippen LogP contribution in [0.2, 0.25) is 10.0 Å². The molecule has 0 radical (unpaired) electrons. The number of esters is 3. The number of carbonyl (C=O) groups excluding carboxylic acids is 3. The molecule has 2 atom stereocenters. The van der Waals surface area contributed by atoms with Crippen molar-refractivity contribution in [1.82, 2.24) is 0 Å². The summed E-state index contributed by atoms with van der Waals surface area (Å²) in [6, 6.07) is 12.2. The highest BCUT2D eigenvalue weighted by atomic mass is 35.5. The topological polar surface area (TPSA) is 117 Å². The van der Waals surface area contributed by atoms with E-state index in [0.29, 0.717) is 23.4 Å². The summed E-state index contributed by atoms with van der Waals surface area (Å²) in [7, 11) is 3.67. The van der Waals surface area contributed by atoms with Crippen molar-refractivity contribution in [3.8, 4) is 0 Å². The second kappa shape index (κ2) is 12.1. The molecule has 2 unspecified atom stereocenters. The van der Waals surface area contributed by atoms with Gasteiger partial charge in [0.2, 0.25) is 0 Å². The number of allylic oxidation sites excluding steroid dienone is 1. The molecule has 0 aromatic heterocycles. The van der Waals surface area contributed by atoms with Gasteiger partial charge in [-0.1, -0.05) is 47.5 Å². The Kier molecular flexibility index (Phi) is 9.12. The molecule has 0 bridgehead atoms. The average molecular weight is 533 g/mol. The van der Waals surface area contributed by atoms with E-state index in [1.165, 1.54) is 21.3 Å². The van der Waals surface area contributed by atoms with Crippen molar-refractivity contribution < 1.29 is 28.6 Å². The molecular formula is C26H26Cl2N2O6. The van der Waals surface area contributed by atoms with Gasteiger partial charge in [0.15, 0.2) is 0 Å². The summed E-state index contributed by atoms with van der Waals surface area (Å²) in [5.41, 5.74) is 8.46. The van der Waals surface area contributed by atoms with E-state index < -0.39 is 29.7 Å². The molecule has 2 aromatic rings. The monoisotopic (exact) mass is 532 g/mol. The van der Waals surface area contributed by atoms with Crippen LogP contribution in [0.1, 0.15) is 29.9 Å². The number of benzene rings is 2. The van der Waals surface area contributed by atoms with Crippen LogP contribution >= 0.6 is 23.2 Å². The number of nitrogens with zero attached hydrogens (tertiary/aromatic N) is 1. The van der Waals surface area contributed by atoms with E-state index >= 15 is 0 Å². The summed E-state index contributed by atoms with van der Waals surface area (Å²) in [5, 5.41) is 0.461. The number of anilines is 1. The van der Waals surface area contributed by atoms with Crippen molar-refractivity contribution in [2.24, 2.45) is 10.9 Å². The van der Waals surface area contributed by atoms with E-state index in [2.05, 4.69) is 4.99 Å². The fraction of sp³-hybridized carbons (Fsp3) is 0.308. The quantitative estimate of drug-likeness (QED) is 0.301. The van der Waals surface area contributed by atoms with Crippen LogP contribution in [0.25, 0.3) is 0 Å². The van der Waals surface area contributed by atoms with Crippen LogP contribution in [0.4, 0.5) is 5.69 Å². The van der Waals surface area contributed by atoms with Gasteiger partial charge in [-0.2, -0.15) is 0 Å². The van der Waals surface area contributed by atoms with Gasteiger partial charge in [0, 0.05) is 27.4 Å². The van der Waals surface area contributed by atoms with Crippen LogP contribution in [0.5, 0.6) is 0 Å². The minimum atomic E-state index is -1.17. The van der Waals surface area contributed by atoms with Crippen molar-refractivity contribution in [2.75, 3.05) is 27.1 Å². The number of rotatable bonds is 8. The van der Waals surface area contributed by atoms with Crippen molar-refractivity contribution in [1.29, 1.82) is 0 Å². The number of hydrogen-bond donors (Lipinski definition) is 1. The van der Waals surface area contributed by atoms with Crippen LogP contribution in [0, 0.1) is 5.92 Å². The first-order valence-corrected chi connectivity index (χ1v) is 11.8. The molecule has 0 fully saturated rings. The molecule has 36 heavy (non-hydrogen) atoms. The number of hydrogen-bond acceptors (Lipinski definition) is 8. The molecule has 0 saturated carbocycles. The molecule has 1 aliphatic heterocycles. The molecule has 8 nitrogen and oxygen atoms in total. The normalized spacial score (nSPS) is 17.3. The highest BCUT2D eigenvalue weighted by Crippen LogP contribution is 2.46. The van der Waals surface area contributed by atoms with Crippen LogP contribution < -0.4 is 5.73 Å². The van der Waals surface area contributed by atoms with Gasteiger partial charge in [0.05, 0.1) is 39.0 Å². The van der Waals surface area contributed by atoms with Gasteiger partial charge in [0.25, 0.3) is 0 Å². The SMILES string of the molecule is COC(=O)CC1=NC(CCc2ccccc2N)=C(C(=O)OC)C(c2c(Cl)cccc2Cl)C1C(=O)OC. The molecule has 0 saturated heterocycles. The summed E-state index contributed by atoms with van der Waals surface area (Å²) in [6.07, 6.45) is 0.388. The van der Waals surface area contributed by atoms with Gasteiger partial charge >= 0.3 is 17.9 Å². The Morgan fingerprint density at radius 3 is 2.17 bits per heavy atom. The van der Waals surface area contributed by atoms with Crippen LogP contribution in [0.15, 0.2) is 58.7 Å². The van der Waals surface area contributed by atoms with Gasteiger partial charge in [-0.15, -0.1) is 0 Å². The predicted octanol–water partition coefficient (Wildman–Crippen LogP) is 4.53. The Morgan fingerprint density at radius 2 is 1.58 bits per heavy atom. The number of halogens is 2. The number of aliphatic imine (C=N–C) groups is 1. The van der Waals surface area contributed by atoms with Gasteiger partial charge in [-0.05, 0) is 42.2 Å². The number of methoxy groups -OCH3 is 3. The van der Waals surface area contributed by atoms with Crippen LogP contribution in [-0.2, 0) is 35.0 Å². The molecule has 0 amide bonds. The zero-order valence-corrected chi connectivity index (χ0v) is 21.6. The van der Waals surface area contributed by atoms with E-state index in [9.17, 15) is 14.4 Å². The standard InChI is InChI=1S/C26H26Cl2N2O6/c1-34-20(31)13-19-23(26(33)36-3)24(21-15(27)8-6-9-16(21)28)22(25(32)35-2)18(30-19)12-11-14-7-4-5-10-17(14)29/h4-10,23-24H,11-13,29H2,1-3H3. The Labute approximate surface area is 219 Å². The molecule has 3 rings (SSSR count). The number of para-hydroxylation sites is 1. The highest BCUT2D eigenvalue weighted by molar-refractivity contribution is 6.36. The largest absolute Gasteiger partial charge is 0.469 e. The Balaban J connectivity index is 2.28. The van der Waals surface area contributed by atoms with Gasteiger partial charge in [0.1, 0.15) is 5.92 Å². The summed E-state index contributed by atoms with van der Waals surface area (Å²) >= 11 is 13.1. The summed E-state index contributed by atoms with van der Waals surface area (Å²) in [6.45, 7) is 0. The van der Waals surface area contributed by atoms with Crippen molar-refractivity contribution in [2.45, 2.75) is 25.2 Å². The van der Waals surface area contributed by atoms with E-state index in [-0.39, 0.29) is 34.2 Å². The second-order valence-corrected chi connectivity index (χ2v) is 8.84. The third-order valence-corrected chi connectivity index (χ3v) is 6.66. The minimum absolute atomic E-state index is 0.103. The van der Waals surface area contributed by atoms with Crippen molar-refractivity contribution >= 4 is 52.5 Å². The number of carbonyl (C=O) groups is 3. The van der Waals surface area contributed by atoms with Crippen LogP contribution in [-0.4, -0.2) is 44.9 Å². The highest BCUT2D eigenvalue weighted by Gasteiger charge is 2.46. The first-order valence-electron chi connectivity index (χ1n) is 11.0. The van der Waals surface area contributed by atoms with Gasteiger partial charge in [-0.3, -0.25) is 14.6 Å². The maximum absolute atomic E-state index is 13.2. The maximum atomic E-state index is 13.2. The first-order chi connectivity index (χ1) is 17.2.